The van der Waals surface area contributed by atoms with Gasteiger partial charge in [-0.15, -0.1) is 0 Å². The van der Waals surface area contributed by atoms with Gasteiger partial charge in [-0.25, -0.2) is 0 Å². The molecule has 17 heteroatoms. The fraction of sp³-hybridized carbons (Fsp3) is 0.600. The average Bonchev–Trinajstić information content (AvgIpc) is 2.10. The Kier molecular flexibility index (Phi) is 39.2. The van der Waals surface area contributed by atoms with E-state index in [4.69, 9.17) is 11.5 Å². The summed E-state index contributed by atoms with van der Waals surface area (Å²) in [5.41, 5.74) is 6.20. The molecule has 0 aliphatic carbocycles. The largest absolute Gasteiger partial charge is 2.00 e. The summed E-state index contributed by atoms with van der Waals surface area (Å²) >= 11 is 0. The molecule has 0 aliphatic heterocycles. The fourth-order valence-electron chi connectivity index (χ4n) is 1.86. The molecule has 0 bridgehead atoms. The van der Waals surface area contributed by atoms with Gasteiger partial charge >= 0.3 is 76.2 Å². The van der Waals surface area contributed by atoms with E-state index >= 15 is 0 Å². The summed E-state index contributed by atoms with van der Waals surface area (Å²) in [6.07, 6.45) is -4.73. The number of aliphatic carboxylic acids is 4. The molecule has 0 spiro atoms. The van der Waals surface area contributed by atoms with Gasteiger partial charge in [0.1, 0.15) is 0 Å². The molecule has 27 heavy (non-hydrogen) atoms. The summed E-state index contributed by atoms with van der Waals surface area (Å²) in [4.78, 5) is 42.5. The van der Waals surface area contributed by atoms with Crippen LogP contribution in [0, 0.1) is 0 Å². The maximum Gasteiger partial charge on any atom is 2.00 e. The molecule has 0 saturated carbocycles. The van der Waals surface area contributed by atoms with Crippen molar-refractivity contribution in [2.24, 2.45) is 11.5 Å². The second-order valence-electron chi connectivity index (χ2n) is 4.51. The molecule has 0 aromatic rings. The van der Waals surface area contributed by atoms with E-state index in [0.717, 1.165) is 0 Å². The van der Waals surface area contributed by atoms with Crippen molar-refractivity contribution in [3.8, 4) is 0 Å². The molecule has 0 atom stereocenters. The minimum Gasteiger partial charge on any atom is -0.550 e. The van der Waals surface area contributed by atoms with Crippen LogP contribution >= 0.6 is 0 Å². The van der Waals surface area contributed by atoms with E-state index in [1.54, 1.807) is 0 Å². The van der Waals surface area contributed by atoms with Crippen molar-refractivity contribution < 1.29 is 138 Å². The summed E-state index contributed by atoms with van der Waals surface area (Å²) in [6.45, 7) is 0. The van der Waals surface area contributed by atoms with Crippen molar-refractivity contribution in [2.75, 3.05) is 0 Å². The molecule has 0 saturated heterocycles. The fourth-order valence-corrected chi connectivity index (χ4v) is 1.86. The molecule has 0 aromatic heterocycles. The number of rotatable bonds is 9. The Balaban J connectivity index is -0.0000000860. The zero-order valence-electron chi connectivity index (χ0n) is 14.6. The van der Waals surface area contributed by atoms with E-state index in [9.17, 15) is 39.6 Å². The summed E-state index contributed by atoms with van der Waals surface area (Å²) in [5, 5.41) is 42.5. The first-order chi connectivity index (χ1) is 8.92. The minimum atomic E-state index is -2.43. The third kappa shape index (κ3) is 18.0. The van der Waals surface area contributed by atoms with Crippen LogP contribution < -0.4 is 91.0 Å². The van der Waals surface area contributed by atoms with Crippen molar-refractivity contribution in [3.05, 3.63) is 0 Å². The maximum absolute atomic E-state index is 10.6. The molecular formula is C10H20CuN2Na2O12. The number of carboxylic acids is 4. The van der Waals surface area contributed by atoms with E-state index in [0.29, 0.717) is 0 Å². The van der Waals surface area contributed by atoms with Gasteiger partial charge in [0.2, 0.25) is 0 Å². The van der Waals surface area contributed by atoms with Crippen LogP contribution in [0.5, 0.6) is 0 Å². The van der Waals surface area contributed by atoms with Gasteiger partial charge in [-0.3, -0.25) is 0 Å². The van der Waals surface area contributed by atoms with Gasteiger partial charge in [0.05, 0.1) is 0 Å². The van der Waals surface area contributed by atoms with Crippen LogP contribution in [0.1, 0.15) is 25.7 Å². The number of nitrogens with two attached hydrogens (primary N) is 2. The second kappa shape index (κ2) is 20.9. The van der Waals surface area contributed by atoms with Crippen LogP contribution in [-0.4, -0.2) is 56.9 Å². The number of carbonyl (C=O) groups excluding carboxylic acids is 4. The Labute approximate surface area is 208 Å². The van der Waals surface area contributed by atoms with E-state index in [2.05, 4.69) is 0 Å². The maximum atomic E-state index is 10.6. The second-order valence-corrected chi connectivity index (χ2v) is 4.51. The van der Waals surface area contributed by atoms with Gasteiger partial charge < -0.3 is 73.0 Å². The molecule has 0 aromatic carbocycles. The Morgan fingerprint density at radius 3 is 0.741 bits per heavy atom. The molecule has 1 radical (unpaired) electrons. The zero-order chi connectivity index (χ0) is 16.1. The Bertz CT molecular complexity index is 382. The quantitative estimate of drug-likeness (QED) is 0.300. The van der Waals surface area contributed by atoms with Gasteiger partial charge in [0.15, 0.2) is 0 Å². The normalized spacial score (nSPS) is 8.81. The van der Waals surface area contributed by atoms with Crippen LogP contribution in [0.25, 0.3) is 0 Å². The van der Waals surface area contributed by atoms with Gasteiger partial charge in [0.25, 0.3) is 0 Å². The SMILES string of the molecule is NC(CC(=O)[O-])(CC(=O)[O-])C(N)(CC(=O)[O-])CC(=O)[O-].O.O.O.O.[Cu+2].[Na+].[Na+]. The predicted octanol–water partition coefficient (Wildman–Crippen LogP) is -16.4. The molecule has 0 aliphatic rings. The van der Waals surface area contributed by atoms with Crippen molar-refractivity contribution in [1.82, 2.24) is 0 Å². The molecule has 12 N–H and O–H groups in total. The number of carbonyl (C=O) groups is 4. The molecule has 155 valence electrons. The van der Waals surface area contributed by atoms with Crippen LogP contribution in [0.2, 0.25) is 0 Å². The van der Waals surface area contributed by atoms with Gasteiger partial charge in [-0.2, -0.15) is 0 Å². The number of hydrogen-bond donors (Lipinski definition) is 2. The first-order valence-corrected chi connectivity index (χ1v) is 5.29. The molecular weight excluding hydrogens is 450 g/mol. The van der Waals surface area contributed by atoms with E-state index < -0.39 is 60.6 Å². The van der Waals surface area contributed by atoms with Crippen LogP contribution in [0.15, 0.2) is 0 Å². The molecule has 14 nitrogen and oxygen atoms in total. The summed E-state index contributed by atoms with van der Waals surface area (Å²) in [6, 6.07) is 0. The first-order valence-electron chi connectivity index (χ1n) is 5.29. The molecule has 0 rings (SSSR count). The van der Waals surface area contributed by atoms with E-state index in [1.807, 2.05) is 0 Å². The van der Waals surface area contributed by atoms with E-state index in [-0.39, 0.29) is 98.1 Å². The van der Waals surface area contributed by atoms with Crippen molar-refractivity contribution in [1.29, 1.82) is 0 Å². The van der Waals surface area contributed by atoms with Gasteiger partial charge in [-0.05, 0) is 0 Å². The topological polar surface area (TPSA) is 339 Å². The average molecular weight is 470 g/mol. The molecule has 0 amide bonds. The third-order valence-corrected chi connectivity index (χ3v) is 2.83. The predicted molar refractivity (Wildman–Crippen MR) is 66.8 cm³/mol. The van der Waals surface area contributed by atoms with Crippen molar-refractivity contribution >= 4 is 23.9 Å². The van der Waals surface area contributed by atoms with Crippen molar-refractivity contribution in [2.45, 2.75) is 36.8 Å². The Morgan fingerprint density at radius 1 is 0.556 bits per heavy atom. The van der Waals surface area contributed by atoms with E-state index in [1.165, 1.54) is 0 Å². The monoisotopic (exact) mass is 469 g/mol. The Morgan fingerprint density at radius 2 is 0.667 bits per heavy atom. The smallest absolute Gasteiger partial charge is 0.550 e. The van der Waals surface area contributed by atoms with Crippen molar-refractivity contribution in [3.63, 3.8) is 0 Å². The summed E-state index contributed by atoms with van der Waals surface area (Å²) < 4.78 is 0. The standard InChI is InChI=1S/C10H16N2O8.Cu.2Na.4H2O/c11-9(1-5(13)14,2-6(15)16)10(12,3-7(17)18)4-8(19)20;;;;;;;/h1-4,11-12H2,(H,13,14)(H,15,16)(H,17,18)(H,19,20);;;;4*1H2/q;+2;2*+1;;;;/p-4. The van der Waals surface area contributed by atoms with Gasteiger partial charge in [0, 0.05) is 60.6 Å². The number of carboxylic acid groups (broad SMARTS) is 4. The summed E-state index contributed by atoms with van der Waals surface area (Å²) in [7, 11) is 0. The van der Waals surface area contributed by atoms with Crippen LogP contribution in [0.4, 0.5) is 0 Å². The molecule has 0 unspecified atom stereocenters. The molecule has 0 heterocycles. The Hall–Kier alpha value is 0.159. The zero-order valence-corrected chi connectivity index (χ0v) is 19.5. The number of hydrogen-bond acceptors (Lipinski definition) is 10. The van der Waals surface area contributed by atoms with Crippen LogP contribution in [-0.2, 0) is 36.2 Å². The summed E-state index contributed by atoms with van der Waals surface area (Å²) in [5.74, 6) is -7.33. The minimum absolute atomic E-state index is 0. The first kappa shape index (κ1) is 50.6. The molecule has 0 fully saturated rings. The third-order valence-electron chi connectivity index (χ3n) is 2.83. The van der Waals surface area contributed by atoms with Gasteiger partial charge in [-0.1, -0.05) is 0 Å². The van der Waals surface area contributed by atoms with Crippen LogP contribution in [0.3, 0.4) is 0 Å².